The van der Waals surface area contributed by atoms with Crippen LogP contribution < -0.4 is 10.1 Å². The van der Waals surface area contributed by atoms with E-state index in [9.17, 15) is 18.0 Å². The van der Waals surface area contributed by atoms with Crippen molar-refractivity contribution in [3.8, 4) is 5.75 Å². The Bertz CT molecular complexity index is 694. The highest BCUT2D eigenvalue weighted by molar-refractivity contribution is 7.09. The number of carbonyl (C=O) groups excluding carboxylic acids is 1. The normalized spacial score (nSPS) is 10.7. The lowest BCUT2D eigenvalue weighted by molar-refractivity contribution is -0.0521. The topological polar surface area (TPSA) is 54.5 Å². The Labute approximate surface area is 134 Å². The number of benzene rings is 1. The molecule has 0 aliphatic heterocycles. The molecule has 0 spiro atoms. The number of thiazole rings is 1. The summed E-state index contributed by atoms with van der Waals surface area (Å²) in [7, 11) is 1.56. The first-order chi connectivity index (χ1) is 10.8. The first-order valence-electron chi connectivity index (χ1n) is 6.52. The number of halogens is 3. The summed E-state index contributed by atoms with van der Waals surface area (Å²) in [6.07, 6.45) is 0. The van der Waals surface area contributed by atoms with Crippen molar-refractivity contribution in [3.05, 3.63) is 40.1 Å². The van der Waals surface area contributed by atoms with Gasteiger partial charge in [0.1, 0.15) is 0 Å². The minimum absolute atomic E-state index is 0.135. The maximum Gasteiger partial charge on any atom is 0.387 e. The summed E-state index contributed by atoms with van der Waals surface area (Å²) in [5.74, 6) is -1.56. The Hall–Kier alpha value is -2.29. The highest BCUT2D eigenvalue weighted by atomic mass is 32.1. The molecule has 0 bridgehead atoms. The van der Waals surface area contributed by atoms with E-state index in [0.717, 1.165) is 22.8 Å². The molecule has 0 unspecified atom stereocenters. The average molecular weight is 345 g/mol. The summed E-state index contributed by atoms with van der Waals surface area (Å²) >= 11 is 1.48. The number of urea groups is 1. The highest BCUT2D eigenvalue weighted by Crippen LogP contribution is 2.23. The van der Waals surface area contributed by atoms with Crippen molar-refractivity contribution < 1.29 is 22.7 Å². The molecule has 0 saturated carbocycles. The minimum atomic E-state index is -3.11. The number of carbonyl (C=O) groups is 1. The molecule has 23 heavy (non-hydrogen) atoms. The van der Waals surface area contributed by atoms with Gasteiger partial charge in [-0.3, -0.25) is 0 Å². The average Bonchev–Trinajstić information content (AvgIpc) is 2.86. The number of nitrogens with one attached hydrogen (secondary N) is 1. The molecule has 1 heterocycles. The van der Waals surface area contributed by atoms with E-state index >= 15 is 0 Å². The summed E-state index contributed by atoms with van der Waals surface area (Å²) in [6.45, 7) is -0.955. The van der Waals surface area contributed by atoms with Crippen LogP contribution in [-0.4, -0.2) is 29.6 Å². The Morgan fingerprint density at radius 2 is 2.22 bits per heavy atom. The number of nitrogens with zero attached hydrogens (tertiary/aromatic N) is 2. The second kappa shape index (κ2) is 7.32. The zero-order valence-corrected chi connectivity index (χ0v) is 13.2. The van der Waals surface area contributed by atoms with Crippen LogP contribution in [0.2, 0.25) is 0 Å². The van der Waals surface area contributed by atoms with Gasteiger partial charge in [0.05, 0.1) is 17.2 Å². The van der Waals surface area contributed by atoms with Crippen LogP contribution in [0, 0.1) is 12.7 Å². The van der Waals surface area contributed by atoms with Crippen LogP contribution in [0.4, 0.5) is 23.7 Å². The predicted octanol–water partition coefficient (Wildman–Crippen LogP) is 3.86. The molecule has 9 heteroatoms. The quantitative estimate of drug-likeness (QED) is 0.895. The molecular weight excluding hydrogens is 331 g/mol. The molecule has 1 aromatic heterocycles. The summed E-state index contributed by atoms with van der Waals surface area (Å²) in [6, 6.07) is 2.74. The summed E-state index contributed by atoms with van der Waals surface area (Å²) in [5, 5.41) is 5.21. The van der Waals surface area contributed by atoms with Gasteiger partial charge in [0, 0.05) is 24.2 Å². The Morgan fingerprint density at radius 3 is 2.78 bits per heavy atom. The lowest BCUT2D eigenvalue weighted by Gasteiger charge is -2.17. The van der Waals surface area contributed by atoms with E-state index < -0.39 is 24.2 Å². The lowest BCUT2D eigenvalue weighted by atomic mass is 10.3. The van der Waals surface area contributed by atoms with Crippen molar-refractivity contribution in [2.45, 2.75) is 20.1 Å². The molecule has 0 aliphatic carbocycles. The second-order valence-electron chi connectivity index (χ2n) is 4.67. The predicted molar refractivity (Wildman–Crippen MR) is 80.4 cm³/mol. The summed E-state index contributed by atoms with van der Waals surface area (Å²) in [5.41, 5.74) is 0.882. The van der Waals surface area contributed by atoms with Crippen LogP contribution in [0.5, 0.6) is 5.75 Å². The summed E-state index contributed by atoms with van der Waals surface area (Å²) < 4.78 is 41.7. The smallest absolute Gasteiger partial charge is 0.387 e. The SMILES string of the molecule is Cc1nc(CN(C)C(=O)Nc2ccc(OC(F)F)c(F)c2)cs1. The number of ether oxygens (including phenoxy) is 1. The molecule has 1 N–H and O–H groups in total. The van der Waals surface area contributed by atoms with Gasteiger partial charge in [-0.15, -0.1) is 11.3 Å². The summed E-state index contributed by atoms with van der Waals surface area (Å²) in [4.78, 5) is 17.6. The van der Waals surface area contributed by atoms with E-state index in [2.05, 4.69) is 15.0 Å². The van der Waals surface area contributed by atoms with Gasteiger partial charge < -0.3 is 15.0 Å². The number of aryl methyl sites for hydroxylation is 1. The van der Waals surface area contributed by atoms with Gasteiger partial charge in [0.2, 0.25) is 0 Å². The van der Waals surface area contributed by atoms with Crippen LogP contribution in [0.25, 0.3) is 0 Å². The fourth-order valence-corrected chi connectivity index (χ4v) is 2.39. The minimum Gasteiger partial charge on any atom is -0.432 e. The number of rotatable bonds is 5. The first kappa shape index (κ1) is 17.1. The lowest BCUT2D eigenvalue weighted by Crippen LogP contribution is -2.31. The Kier molecular flexibility index (Phi) is 5.43. The number of hydrogen-bond donors (Lipinski definition) is 1. The van der Waals surface area contributed by atoms with Crippen molar-refractivity contribution in [2.75, 3.05) is 12.4 Å². The molecule has 2 aromatic rings. The van der Waals surface area contributed by atoms with Crippen molar-refractivity contribution in [1.82, 2.24) is 9.88 Å². The molecule has 2 amide bonds. The van der Waals surface area contributed by atoms with Crippen LogP contribution in [0.3, 0.4) is 0 Å². The fraction of sp³-hybridized carbons (Fsp3) is 0.286. The molecule has 0 radical (unpaired) electrons. The van der Waals surface area contributed by atoms with Crippen molar-refractivity contribution >= 4 is 23.1 Å². The van der Waals surface area contributed by atoms with Crippen molar-refractivity contribution in [1.29, 1.82) is 0 Å². The molecule has 2 rings (SSSR count). The first-order valence-corrected chi connectivity index (χ1v) is 7.40. The van der Waals surface area contributed by atoms with E-state index in [0.29, 0.717) is 6.54 Å². The molecule has 124 valence electrons. The number of anilines is 1. The van der Waals surface area contributed by atoms with Crippen molar-refractivity contribution in [2.24, 2.45) is 0 Å². The molecule has 1 aromatic carbocycles. The van der Waals surface area contributed by atoms with Gasteiger partial charge in [-0.25, -0.2) is 14.2 Å². The van der Waals surface area contributed by atoms with Gasteiger partial charge in [0.15, 0.2) is 11.6 Å². The van der Waals surface area contributed by atoms with Gasteiger partial charge in [-0.1, -0.05) is 0 Å². The molecule has 0 atom stereocenters. The number of hydrogen-bond acceptors (Lipinski definition) is 4. The van der Waals surface area contributed by atoms with Crippen LogP contribution in [0.15, 0.2) is 23.6 Å². The third-order valence-electron chi connectivity index (χ3n) is 2.81. The number of aromatic nitrogens is 1. The third-order valence-corrected chi connectivity index (χ3v) is 3.63. The second-order valence-corrected chi connectivity index (χ2v) is 5.73. The maximum absolute atomic E-state index is 13.6. The van der Waals surface area contributed by atoms with Crippen LogP contribution in [0.1, 0.15) is 10.7 Å². The zero-order chi connectivity index (χ0) is 17.0. The fourth-order valence-electron chi connectivity index (χ4n) is 1.78. The van der Waals surface area contributed by atoms with Gasteiger partial charge >= 0.3 is 12.6 Å². The van der Waals surface area contributed by atoms with Gasteiger partial charge in [0.25, 0.3) is 0 Å². The molecule has 0 fully saturated rings. The van der Waals surface area contributed by atoms with Crippen LogP contribution >= 0.6 is 11.3 Å². The Morgan fingerprint density at radius 1 is 1.48 bits per heavy atom. The standard InChI is InChI=1S/C14H14F3N3O2S/c1-8-18-10(7-23-8)6-20(2)14(21)19-9-3-4-12(11(15)5-9)22-13(16)17/h3-5,7,13H,6H2,1-2H3,(H,19,21). The van der Waals surface area contributed by atoms with E-state index in [1.165, 1.54) is 22.3 Å². The largest absolute Gasteiger partial charge is 0.432 e. The van der Waals surface area contributed by atoms with E-state index in [1.807, 2.05) is 12.3 Å². The Balaban J connectivity index is 1.97. The monoisotopic (exact) mass is 345 g/mol. The van der Waals surface area contributed by atoms with Crippen molar-refractivity contribution in [3.63, 3.8) is 0 Å². The van der Waals surface area contributed by atoms with Gasteiger partial charge in [-0.2, -0.15) is 8.78 Å². The molecule has 0 saturated heterocycles. The van der Waals surface area contributed by atoms with E-state index in [-0.39, 0.29) is 5.69 Å². The number of amides is 2. The van der Waals surface area contributed by atoms with E-state index in [1.54, 1.807) is 7.05 Å². The maximum atomic E-state index is 13.6. The van der Waals surface area contributed by atoms with E-state index in [4.69, 9.17) is 0 Å². The van der Waals surface area contributed by atoms with Gasteiger partial charge in [-0.05, 0) is 19.1 Å². The highest BCUT2D eigenvalue weighted by Gasteiger charge is 2.14. The molecule has 0 aliphatic rings. The number of alkyl halides is 2. The zero-order valence-electron chi connectivity index (χ0n) is 12.3. The molecule has 5 nitrogen and oxygen atoms in total. The third kappa shape index (κ3) is 4.85. The van der Waals surface area contributed by atoms with Crippen LogP contribution in [-0.2, 0) is 6.54 Å². The molecular formula is C14H14F3N3O2S.